The molecule has 116 valence electrons. The quantitative estimate of drug-likeness (QED) is 0.760. The highest BCUT2D eigenvalue weighted by atomic mass is 32.2. The molecule has 0 radical (unpaired) electrons. The molecular weight excluding hydrogens is 294 g/mol. The minimum Gasteiger partial charge on any atom is -0.482 e. The molecule has 1 aromatic rings. The number of ether oxygens (including phenoxy) is 1. The van der Waals surface area contributed by atoms with Crippen LogP contribution < -0.4 is 9.46 Å². The van der Waals surface area contributed by atoms with Crippen LogP contribution in [0, 0.1) is 5.92 Å². The van der Waals surface area contributed by atoms with Crippen molar-refractivity contribution in [3.63, 3.8) is 0 Å². The predicted molar refractivity (Wildman–Crippen MR) is 76.7 cm³/mol. The zero-order valence-corrected chi connectivity index (χ0v) is 12.6. The van der Waals surface area contributed by atoms with Crippen molar-refractivity contribution in [3.05, 3.63) is 24.3 Å². The van der Waals surface area contributed by atoms with Crippen LogP contribution in [-0.2, 0) is 14.8 Å². The predicted octanol–water partition coefficient (Wildman–Crippen LogP) is 1.62. The van der Waals surface area contributed by atoms with E-state index in [1.807, 2.05) is 0 Å². The Balaban J connectivity index is 1.96. The van der Waals surface area contributed by atoms with Crippen molar-refractivity contribution in [3.8, 4) is 5.75 Å². The van der Waals surface area contributed by atoms with Crippen molar-refractivity contribution < 1.29 is 23.1 Å². The molecule has 6 nitrogen and oxygen atoms in total. The van der Waals surface area contributed by atoms with Gasteiger partial charge in [0.2, 0.25) is 10.0 Å². The smallest absolute Gasteiger partial charge is 0.341 e. The van der Waals surface area contributed by atoms with E-state index in [1.54, 1.807) is 0 Å². The first-order valence-electron chi connectivity index (χ1n) is 6.89. The first-order chi connectivity index (χ1) is 9.92. The molecule has 7 heteroatoms. The van der Waals surface area contributed by atoms with Crippen LogP contribution in [0.4, 0.5) is 0 Å². The zero-order chi connectivity index (χ0) is 15.5. The Hall–Kier alpha value is -1.60. The van der Waals surface area contributed by atoms with E-state index in [0.717, 1.165) is 19.3 Å². The van der Waals surface area contributed by atoms with Crippen LogP contribution >= 0.6 is 0 Å². The molecule has 0 aliphatic heterocycles. The summed E-state index contributed by atoms with van der Waals surface area (Å²) in [6.07, 6.45) is 2.99. The van der Waals surface area contributed by atoms with Gasteiger partial charge in [-0.05, 0) is 43.0 Å². The maximum absolute atomic E-state index is 12.2. The SMILES string of the molecule is CCCC1CC1NS(=O)(=O)c1ccc(OCC(=O)O)cc1. The van der Waals surface area contributed by atoms with Gasteiger partial charge < -0.3 is 9.84 Å². The summed E-state index contributed by atoms with van der Waals surface area (Å²) >= 11 is 0. The van der Waals surface area contributed by atoms with Crippen LogP contribution in [0.2, 0.25) is 0 Å². The number of nitrogens with one attached hydrogen (secondary N) is 1. The monoisotopic (exact) mass is 313 g/mol. The standard InChI is InChI=1S/C14H19NO5S/c1-2-3-10-8-13(10)15-21(18,19)12-6-4-11(5-7-12)20-9-14(16)17/h4-7,10,13,15H,2-3,8-9H2,1H3,(H,16,17). The maximum Gasteiger partial charge on any atom is 0.341 e. The molecular formula is C14H19NO5S. The number of carboxylic acids is 1. The average Bonchev–Trinajstić information content (AvgIpc) is 3.14. The van der Waals surface area contributed by atoms with E-state index < -0.39 is 22.6 Å². The molecule has 1 aliphatic carbocycles. The van der Waals surface area contributed by atoms with Crippen molar-refractivity contribution in [1.82, 2.24) is 4.72 Å². The molecule has 1 fully saturated rings. The second kappa shape index (κ2) is 6.44. The summed E-state index contributed by atoms with van der Waals surface area (Å²) in [7, 11) is -3.52. The highest BCUT2D eigenvalue weighted by Crippen LogP contribution is 2.35. The second-order valence-corrected chi connectivity index (χ2v) is 6.88. The van der Waals surface area contributed by atoms with Gasteiger partial charge >= 0.3 is 5.97 Å². The van der Waals surface area contributed by atoms with Crippen LogP contribution in [0.3, 0.4) is 0 Å². The lowest BCUT2D eigenvalue weighted by molar-refractivity contribution is -0.139. The second-order valence-electron chi connectivity index (χ2n) is 5.17. The third-order valence-electron chi connectivity index (χ3n) is 3.38. The lowest BCUT2D eigenvalue weighted by Gasteiger charge is -2.08. The Morgan fingerprint density at radius 3 is 2.62 bits per heavy atom. The van der Waals surface area contributed by atoms with Crippen LogP contribution in [0.15, 0.2) is 29.2 Å². The van der Waals surface area contributed by atoms with Gasteiger partial charge in [-0.15, -0.1) is 0 Å². The number of hydrogen-bond acceptors (Lipinski definition) is 4. The van der Waals surface area contributed by atoms with E-state index in [1.165, 1.54) is 24.3 Å². The molecule has 2 unspecified atom stereocenters. The van der Waals surface area contributed by atoms with Gasteiger partial charge in [0.1, 0.15) is 5.75 Å². The molecule has 1 saturated carbocycles. The number of benzene rings is 1. The molecule has 2 N–H and O–H groups in total. The lowest BCUT2D eigenvalue weighted by atomic mass is 10.2. The highest BCUT2D eigenvalue weighted by molar-refractivity contribution is 7.89. The molecule has 0 saturated heterocycles. The molecule has 2 atom stereocenters. The van der Waals surface area contributed by atoms with E-state index in [0.29, 0.717) is 11.7 Å². The number of carbonyl (C=O) groups is 1. The summed E-state index contributed by atoms with van der Waals surface area (Å²) < 4.78 is 32.0. The molecule has 1 aromatic carbocycles. The van der Waals surface area contributed by atoms with Gasteiger partial charge in [-0.3, -0.25) is 0 Å². The van der Waals surface area contributed by atoms with Gasteiger partial charge in [-0.2, -0.15) is 0 Å². The number of sulfonamides is 1. The fourth-order valence-corrected chi connectivity index (χ4v) is 3.53. The van der Waals surface area contributed by atoms with Crippen LogP contribution in [0.25, 0.3) is 0 Å². The molecule has 0 bridgehead atoms. The van der Waals surface area contributed by atoms with Crippen LogP contribution in [0.5, 0.6) is 5.75 Å². The third-order valence-corrected chi connectivity index (χ3v) is 4.89. The molecule has 2 rings (SSSR count). The largest absolute Gasteiger partial charge is 0.482 e. The number of hydrogen-bond donors (Lipinski definition) is 2. The van der Waals surface area contributed by atoms with Gasteiger partial charge in [0.05, 0.1) is 4.90 Å². The Bertz CT molecular complexity index is 596. The molecule has 21 heavy (non-hydrogen) atoms. The van der Waals surface area contributed by atoms with Gasteiger partial charge in [-0.25, -0.2) is 17.9 Å². The fraction of sp³-hybridized carbons (Fsp3) is 0.500. The Kier molecular flexibility index (Phi) is 4.84. The summed E-state index contributed by atoms with van der Waals surface area (Å²) in [5.41, 5.74) is 0. The summed E-state index contributed by atoms with van der Waals surface area (Å²) in [6.45, 7) is 1.63. The van der Waals surface area contributed by atoms with Crippen molar-refractivity contribution in [2.45, 2.75) is 37.1 Å². The van der Waals surface area contributed by atoms with Crippen molar-refractivity contribution >= 4 is 16.0 Å². The van der Waals surface area contributed by atoms with Gasteiger partial charge in [0.15, 0.2) is 6.61 Å². The number of aliphatic carboxylic acids is 1. The summed E-state index contributed by atoms with van der Waals surface area (Å²) in [5.74, 6) is -0.307. The zero-order valence-electron chi connectivity index (χ0n) is 11.8. The number of carboxylic acid groups (broad SMARTS) is 1. The molecule has 0 heterocycles. The summed E-state index contributed by atoms with van der Waals surface area (Å²) in [6, 6.07) is 5.77. The Labute approximate surface area is 124 Å². The first-order valence-corrected chi connectivity index (χ1v) is 8.37. The topological polar surface area (TPSA) is 92.7 Å². The molecule has 0 spiro atoms. The molecule has 0 amide bonds. The third kappa shape index (κ3) is 4.44. The Morgan fingerprint density at radius 1 is 1.38 bits per heavy atom. The maximum atomic E-state index is 12.2. The van der Waals surface area contributed by atoms with E-state index in [-0.39, 0.29) is 10.9 Å². The van der Waals surface area contributed by atoms with Crippen molar-refractivity contribution in [2.75, 3.05) is 6.61 Å². The normalized spacial score (nSPS) is 21.0. The first kappa shape index (κ1) is 15.8. The molecule has 1 aliphatic rings. The van der Waals surface area contributed by atoms with E-state index in [2.05, 4.69) is 11.6 Å². The summed E-state index contributed by atoms with van der Waals surface area (Å²) in [4.78, 5) is 10.5. The van der Waals surface area contributed by atoms with Crippen LogP contribution in [-0.4, -0.2) is 32.1 Å². The highest BCUT2D eigenvalue weighted by Gasteiger charge is 2.39. The number of rotatable bonds is 8. The van der Waals surface area contributed by atoms with Crippen molar-refractivity contribution in [2.24, 2.45) is 5.92 Å². The fourth-order valence-electron chi connectivity index (χ4n) is 2.21. The van der Waals surface area contributed by atoms with Gasteiger partial charge in [0, 0.05) is 6.04 Å². The van der Waals surface area contributed by atoms with E-state index in [4.69, 9.17) is 9.84 Å². The van der Waals surface area contributed by atoms with Gasteiger partial charge in [-0.1, -0.05) is 13.3 Å². The van der Waals surface area contributed by atoms with Gasteiger partial charge in [0.25, 0.3) is 0 Å². The van der Waals surface area contributed by atoms with Crippen molar-refractivity contribution in [1.29, 1.82) is 0 Å². The van der Waals surface area contributed by atoms with Crippen LogP contribution in [0.1, 0.15) is 26.2 Å². The minimum absolute atomic E-state index is 0.0397. The average molecular weight is 313 g/mol. The minimum atomic E-state index is -3.52. The summed E-state index contributed by atoms with van der Waals surface area (Å²) in [5, 5.41) is 8.50. The molecule has 0 aromatic heterocycles. The Morgan fingerprint density at radius 2 is 2.05 bits per heavy atom. The van der Waals surface area contributed by atoms with E-state index in [9.17, 15) is 13.2 Å². The lowest BCUT2D eigenvalue weighted by Crippen LogP contribution is -2.27. The van der Waals surface area contributed by atoms with E-state index >= 15 is 0 Å².